The first-order chi connectivity index (χ1) is 9.16. The van der Waals surface area contributed by atoms with E-state index in [0.717, 1.165) is 29.2 Å². The lowest BCUT2D eigenvalue weighted by atomic mass is 10.4. The number of hydrogen-bond acceptors (Lipinski definition) is 7. The highest BCUT2D eigenvalue weighted by Crippen LogP contribution is 2.41. The van der Waals surface area contributed by atoms with E-state index in [0.29, 0.717) is 11.2 Å². The van der Waals surface area contributed by atoms with Gasteiger partial charge < -0.3 is 5.11 Å². The Morgan fingerprint density at radius 3 is 2.84 bits per heavy atom. The molecule has 0 aliphatic heterocycles. The van der Waals surface area contributed by atoms with E-state index in [1.165, 1.54) is 23.3 Å². The first-order valence-corrected chi connectivity index (χ1v) is 7.51. The molecule has 2 aromatic rings. The topological polar surface area (TPSA) is 93.8 Å². The Kier molecular flexibility index (Phi) is 3.23. The lowest BCUT2D eigenvalue weighted by molar-refractivity contribution is -0.133. The van der Waals surface area contributed by atoms with Gasteiger partial charge in [0.05, 0.1) is 11.4 Å². The van der Waals surface area contributed by atoms with Crippen molar-refractivity contribution in [1.29, 1.82) is 0 Å². The SMILES string of the molecule is Cc1nnsc1-c1nnc(SCC(=O)O)n1C1CC1. The van der Waals surface area contributed by atoms with Gasteiger partial charge in [-0.1, -0.05) is 16.3 Å². The van der Waals surface area contributed by atoms with Crippen molar-refractivity contribution in [3.63, 3.8) is 0 Å². The molecule has 0 saturated heterocycles. The van der Waals surface area contributed by atoms with Crippen molar-refractivity contribution in [2.24, 2.45) is 0 Å². The Morgan fingerprint density at radius 2 is 2.26 bits per heavy atom. The summed E-state index contributed by atoms with van der Waals surface area (Å²) in [4.78, 5) is 11.6. The van der Waals surface area contributed by atoms with Crippen molar-refractivity contribution in [3.8, 4) is 10.7 Å². The van der Waals surface area contributed by atoms with Crippen LogP contribution in [0.2, 0.25) is 0 Å². The minimum Gasteiger partial charge on any atom is -0.481 e. The average Bonchev–Trinajstić information content (AvgIpc) is 2.98. The number of carboxylic acid groups (broad SMARTS) is 1. The Bertz CT molecular complexity index is 619. The number of carbonyl (C=O) groups is 1. The average molecular weight is 297 g/mol. The van der Waals surface area contributed by atoms with Crippen molar-refractivity contribution in [3.05, 3.63) is 5.69 Å². The highest BCUT2D eigenvalue weighted by Gasteiger charge is 2.31. The van der Waals surface area contributed by atoms with Gasteiger partial charge in [0, 0.05) is 6.04 Å². The summed E-state index contributed by atoms with van der Waals surface area (Å²) in [6.45, 7) is 1.88. The molecule has 1 aliphatic rings. The Labute approximate surface area is 117 Å². The predicted octanol–water partition coefficient (Wildman–Crippen LogP) is 1.62. The fraction of sp³-hybridized carbons (Fsp3) is 0.500. The molecule has 2 aromatic heterocycles. The van der Waals surface area contributed by atoms with Crippen LogP contribution < -0.4 is 0 Å². The normalized spacial score (nSPS) is 14.8. The molecule has 2 heterocycles. The van der Waals surface area contributed by atoms with Crippen molar-refractivity contribution in [2.75, 3.05) is 5.75 Å². The van der Waals surface area contributed by atoms with Gasteiger partial charge >= 0.3 is 5.97 Å². The predicted molar refractivity (Wildman–Crippen MR) is 70.3 cm³/mol. The fourth-order valence-electron chi connectivity index (χ4n) is 1.76. The Balaban J connectivity index is 1.97. The van der Waals surface area contributed by atoms with E-state index in [1.54, 1.807) is 0 Å². The van der Waals surface area contributed by atoms with Crippen LogP contribution in [-0.4, -0.2) is 41.2 Å². The van der Waals surface area contributed by atoms with Gasteiger partial charge in [-0.05, 0) is 31.3 Å². The smallest absolute Gasteiger partial charge is 0.313 e. The number of thioether (sulfide) groups is 1. The second kappa shape index (κ2) is 4.89. The highest BCUT2D eigenvalue weighted by molar-refractivity contribution is 7.99. The number of nitrogens with zero attached hydrogens (tertiary/aromatic N) is 5. The molecular formula is C10H11N5O2S2. The van der Waals surface area contributed by atoms with Crippen LogP contribution in [0.15, 0.2) is 5.16 Å². The van der Waals surface area contributed by atoms with Crippen molar-refractivity contribution >= 4 is 29.3 Å². The van der Waals surface area contributed by atoms with Crippen molar-refractivity contribution in [2.45, 2.75) is 31.0 Å². The summed E-state index contributed by atoms with van der Waals surface area (Å²) >= 11 is 2.49. The fourth-order valence-corrected chi connectivity index (χ4v) is 3.12. The molecular weight excluding hydrogens is 286 g/mol. The van der Waals surface area contributed by atoms with Crippen LogP contribution in [0.4, 0.5) is 0 Å². The molecule has 0 spiro atoms. The van der Waals surface area contributed by atoms with Crippen LogP contribution in [0.3, 0.4) is 0 Å². The summed E-state index contributed by atoms with van der Waals surface area (Å²) in [6.07, 6.45) is 2.16. The second-order valence-electron chi connectivity index (χ2n) is 4.28. The zero-order valence-electron chi connectivity index (χ0n) is 10.1. The van der Waals surface area contributed by atoms with E-state index in [1.807, 2.05) is 11.5 Å². The molecule has 1 N–H and O–H groups in total. The number of aliphatic carboxylic acids is 1. The lowest BCUT2D eigenvalue weighted by Gasteiger charge is -2.06. The quantitative estimate of drug-likeness (QED) is 0.838. The maximum Gasteiger partial charge on any atom is 0.313 e. The molecule has 7 nitrogen and oxygen atoms in total. The summed E-state index contributed by atoms with van der Waals surface area (Å²) in [5.41, 5.74) is 0.828. The molecule has 1 saturated carbocycles. The van der Waals surface area contributed by atoms with Gasteiger partial charge in [-0.3, -0.25) is 9.36 Å². The third-order valence-electron chi connectivity index (χ3n) is 2.76. The van der Waals surface area contributed by atoms with Gasteiger partial charge in [0.15, 0.2) is 11.0 Å². The molecule has 0 aromatic carbocycles. The van der Waals surface area contributed by atoms with E-state index in [4.69, 9.17) is 5.11 Å². The minimum absolute atomic E-state index is 0.00915. The van der Waals surface area contributed by atoms with E-state index >= 15 is 0 Å². The lowest BCUT2D eigenvalue weighted by Crippen LogP contribution is -2.03. The summed E-state index contributed by atoms with van der Waals surface area (Å²) < 4.78 is 5.94. The molecule has 0 radical (unpaired) electrons. The maximum absolute atomic E-state index is 10.7. The Hall–Kier alpha value is -1.48. The second-order valence-corrected chi connectivity index (χ2v) is 5.97. The van der Waals surface area contributed by atoms with Crippen molar-refractivity contribution in [1.82, 2.24) is 24.4 Å². The van der Waals surface area contributed by atoms with Crippen LogP contribution in [0, 0.1) is 6.92 Å². The molecule has 0 bridgehead atoms. The Morgan fingerprint density at radius 1 is 1.47 bits per heavy atom. The molecule has 0 amide bonds. The van der Waals surface area contributed by atoms with Crippen LogP contribution in [0.5, 0.6) is 0 Å². The molecule has 1 aliphatic carbocycles. The highest BCUT2D eigenvalue weighted by atomic mass is 32.2. The summed E-state index contributed by atoms with van der Waals surface area (Å²) in [6, 6.07) is 0.378. The first-order valence-electron chi connectivity index (χ1n) is 5.75. The molecule has 1 fully saturated rings. The maximum atomic E-state index is 10.7. The van der Waals surface area contributed by atoms with E-state index in [9.17, 15) is 4.79 Å². The number of hydrogen-bond donors (Lipinski definition) is 1. The van der Waals surface area contributed by atoms with Gasteiger partial charge in [-0.15, -0.1) is 15.3 Å². The summed E-state index contributed by atoms with van der Waals surface area (Å²) in [7, 11) is 0. The number of carboxylic acids is 1. The van der Waals surface area contributed by atoms with Crippen LogP contribution in [-0.2, 0) is 4.79 Å². The third kappa shape index (κ3) is 2.47. The monoisotopic (exact) mass is 297 g/mol. The van der Waals surface area contributed by atoms with Gasteiger partial charge in [-0.2, -0.15) is 0 Å². The molecule has 3 rings (SSSR count). The number of aryl methyl sites for hydroxylation is 1. The van der Waals surface area contributed by atoms with Gasteiger partial charge in [0.2, 0.25) is 0 Å². The standard InChI is InChI=1S/C10H11N5O2S2/c1-5-8(19-14-11-5)9-12-13-10(18-4-7(16)17)15(9)6-2-3-6/h6H,2-4H2,1H3,(H,16,17). The van der Waals surface area contributed by atoms with Crippen LogP contribution in [0.25, 0.3) is 10.7 Å². The summed E-state index contributed by atoms with van der Waals surface area (Å²) in [5.74, 6) is -0.111. The van der Waals surface area contributed by atoms with E-state index < -0.39 is 5.97 Å². The number of aromatic nitrogens is 5. The third-order valence-corrected chi connectivity index (χ3v) is 4.51. The molecule has 19 heavy (non-hydrogen) atoms. The van der Waals surface area contributed by atoms with Gasteiger partial charge in [0.25, 0.3) is 0 Å². The zero-order chi connectivity index (χ0) is 13.4. The van der Waals surface area contributed by atoms with Crippen molar-refractivity contribution < 1.29 is 9.90 Å². The molecule has 0 atom stereocenters. The number of rotatable bonds is 5. The van der Waals surface area contributed by atoms with Crippen LogP contribution >= 0.6 is 23.3 Å². The zero-order valence-corrected chi connectivity index (χ0v) is 11.7. The molecule has 0 unspecified atom stereocenters. The largest absolute Gasteiger partial charge is 0.481 e. The first kappa shape index (κ1) is 12.5. The molecule has 100 valence electrons. The van der Waals surface area contributed by atoms with Gasteiger partial charge in [0.1, 0.15) is 4.88 Å². The van der Waals surface area contributed by atoms with Gasteiger partial charge in [-0.25, -0.2) is 0 Å². The van der Waals surface area contributed by atoms with E-state index in [-0.39, 0.29) is 5.75 Å². The molecule has 9 heteroatoms. The van der Waals surface area contributed by atoms with E-state index in [2.05, 4.69) is 19.8 Å². The minimum atomic E-state index is -0.854. The van der Waals surface area contributed by atoms with Crippen LogP contribution in [0.1, 0.15) is 24.6 Å². The summed E-state index contributed by atoms with van der Waals surface area (Å²) in [5, 5.41) is 21.7.